The Morgan fingerprint density at radius 2 is 1.63 bits per heavy atom. The molecule has 6 nitrogen and oxygen atoms in total. The van der Waals surface area contributed by atoms with Crippen LogP contribution >= 0.6 is 0 Å². The highest BCUT2D eigenvalue weighted by Crippen LogP contribution is 2.18. The summed E-state index contributed by atoms with van der Waals surface area (Å²) in [5, 5.41) is 3.10. The summed E-state index contributed by atoms with van der Waals surface area (Å²) in [4.78, 5) is 12.6. The van der Waals surface area contributed by atoms with E-state index in [1.807, 2.05) is 0 Å². The highest BCUT2D eigenvalue weighted by Gasteiger charge is 2.21. The molecule has 7 heteroatoms. The number of nitrogens with one attached hydrogen (secondary N) is 2. The summed E-state index contributed by atoms with van der Waals surface area (Å²) >= 11 is 0. The summed E-state index contributed by atoms with van der Waals surface area (Å²) in [6.45, 7) is 0.976. The Labute approximate surface area is 162 Å². The monoisotopic (exact) mass is 394 g/mol. The topological polar surface area (TPSA) is 84.5 Å². The summed E-state index contributed by atoms with van der Waals surface area (Å²) in [5.74, 6) is -0.128. The first-order chi connectivity index (χ1) is 13.0. The van der Waals surface area contributed by atoms with Crippen molar-refractivity contribution in [3.8, 4) is 0 Å². The second-order valence-corrected chi connectivity index (χ2v) is 9.29. The third-order valence-electron chi connectivity index (χ3n) is 5.39. The van der Waals surface area contributed by atoms with Crippen molar-refractivity contribution in [3.05, 3.63) is 29.8 Å². The van der Waals surface area contributed by atoms with Crippen molar-refractivity contribution in [3.63, 3.8) is 0 Å². The minimum absolute atomic E-state index is 0.0476. The van der Waals surface area contributed by atoms with Crippen molar-refractivity contribution < 1.29 is 17.9 Å². The van der Waals surface area contributed by atoms with Crippen LogP contribution in [0, 0.1) is 0 Å². The van der Waals surface area contributed by atoms with Gasteiger partial charge in [-0.2, -0.15) is 0 Å². The van der Waals surface area contributed by atoms with Crippen LogP contribution in [0.1, 0.15) is 68.1 Å². The predicted octanol–water partition coefficient (Wildman–Crippen LogP) is 2.99. The fourth-order valence-electron chi connectivity index (χ4n) is 3.75. The first-order valence-corrected chi connectivity index (χ1v) is 11.5. The SMILES string of the molecule is O=C(NC1CCCCCCC1)c1ccc(S(=O)(=O)NCC2CCCO2)cc1. The molecule has 150 valence electrons. The molecule has 2 fully saturated rings. The maximum Gasteiger partial charge on any atom is 0.251 e. The van der Waals surface area contributed by atoms with Crippen LogP contribution in [0.25, 0.3) is 0 Å². The molecule has 0 radical (unpaired) electrons. The Morgan fingerprint density at radius 3 is 2.26 bits per heavy atom. The van der Waals surface area contributed by atoms with Gasteiger partial charge in [0.25, 0.3) is 5.91 Å². The second-order valence-electron chi connectivity index (χ2n) is 7.53. The van der Waals surface area contributed by atoms with Crippen molar-refractivity contribution >= 4 is 15.9 Å². The fraction of sp³-hybridized carbons (Fsp3) is 0.650. The Hall–Kier alpha value is -1.44. The lowest BCUT2D eigenvalue weighted by Crippen LogP contribution is -2.35. The molecule has 2 N–H and O–H groups in total. The third-order valence-corrected chi connectivity index (χ3v) is 6.83. The zero-order valence-corrected chi connectivity index (χ0v) is 16.6. The van der Waals surface area contributed by atoms with Crippen LogP contribution in [-0.2, 0) is 14.8 Å². The molecule has 0 aromatic heterocycles. The molecule has 27 heavy (non-hydrogen) atoms. The molecular weight excluding hydrogens is 364 g/mol. The molecule has 1 unspecified atom stereocenters. The van der Waals surface area contributed by atoms with Gasteiger partial charge in [0.05, 0.1) is 11.0 Å². The Morgan fingerprint density at radius 1 is 0.963 bits per heavy atom. The number of rotatable bonds is 6. The number of hydrogen-bond acceptors (Lipinski definition) is 4. The van der Waals surface area contributed by atoms with Crippen LogP contribution in [0.15, 0.2) is 29.2 Å². The summed E-state index contributed by atoms with van der Waals surface area (Å²) in [6, 6.07) is 6.36. The van der Waals surface area contributed by atoms with Gasteiger partial charge in [0, 0.05) is 24.8 Å². The molecule has 1 heterocycles. The van der Waals surface area contributed by atoms with Gasteiger partial charge in [-0.15, -0.1) is 0 Å². The molecule has 1 saturated carbocycles. The molecule has 0 spiro atoms. The summed E-state index contributed by atoms with van der Waals surface area (Å²) in [7, 11) is -3.59. The van der Waals surface area contributed by atoms with E-state index in [1.54, 1.807) is 12.1 Å². The summed E-state index contributed by atoms with van der Waals surface area (Å²) < 4.78 is 32.8. The molecule has 1 saturated heterocycles. The van der Waals surface area contributed by atoms with Crippen molar-refractivity contribution in [2.45, 2.75) is 74.8 Å². The van der Waals surface area contributed by atoms with Crippen LogP contribution in [0.4, 0.5) is 0 Å². The Kier molecular flexibility index (Phi) is 7.26. The van der Waals surface area contributed by atoms with Gasteiger partial charge in [-0.05, 0) is 49.9 Å². The van der Waals surface area contributed by atoms with Crippen LogP contribution in [-0.4, -0.2) is 39.6 Å². The van der Waals surface area contributed by atoms with Crippen molar-refractivity contribution in [1.82, 2.24) is 10.0 Å². The Balaban J connectivity index is 1.55. The largest absolute Gasteiger partial charge is 0.377 e. The van der Waals surface area contributed by atoms with E-state index in [9.17, 15) is 13.2 Å². The minimum Gasteiger partial charge on any atom is -0.377 e. The quantitative estimate of drug-likeness (QED) is 0.777. The van der Waals surface area contributed by atoms with Crippen LogP contribution < -0.4 is 10.0 Å². The van der Waals surface area contributed by atoms with Crippen LogP contribution in [0.5, 0.6) is 0 Å². The van der Waals surface area contributed by atoms with E-state index < -0.39 is 10.0 Å². The number of benzene rings is 1. The number of carbonyl (C=O) groups excluding carboxylic acids is 1. The van der Waals surface area contributed by atoms with Crippen LogP contribution in [0.3, 0.4) is 0 Å². The maximum absolute atomic E-state index is 12.5. The number of amides is 1. The molecule has 1 aromatic carbocycles. The standard InChI is InChI=1S/C20H30N2O4S/c23-20(22-17-7-4-2-1-3-5-8-17)16-10-12-19(13-11-16)27(24,25)21-15-18-9-6-14-26-18/h10-13,17-18,21H,1-9,14-15H2,(H,22,23). The van der Waals surface area contributed by atoms with E-state index in [4.69, 9.17) is 4.74 Å². The van der Waals surface area contributed by atoms with Gasteiger partial charge in [0.2, 0.25) is 10.0 Å². The summed E-state index contributed by atoms with van der Waals surface area (Å²) in [6.07, 6.45) is 9.90. The van der Waals surface area contributed by atoms with Gasteiger partial charge >= 0.3 is 0 Å². The molecule has 0 bridgehead atoms. The van der Waals surface area contributed by atoms with E-state index in [0.29, 0.717) is 12.2 Å². The molecule has 1 atom stereocenters. The molecule has 1 aromatic rings. The average Bonchev–Trinajstić information content (AvgIpc) is 3.16. The highest BCUT2D eigenvalue weighted by molar-refractivity contribution is 7.89. The second kappa shape index (κ2) is 9.66. The zero-order chi connectivity index (χ0) is 19.1. The molecule has 1 aliphatic carbocycles. The number of hydrogen-bond donors (Lipinski definition) is 2. The molecule has 1 amide bonds. The first kappa shape index (κ1) is 20.3. The zero-order valence-electron chi connectivity index (χ0n) is 15.8. The van der Waals surface area contributed by atoms with Gasteiger partial charge < -0.3 is 10.1 Å². The van der Waals surface area contributed by atoms with Gasteiger partial charge in [-0.1, -0.05) is 32.1 Å². The molecule has 3 rings (SSSR count). The fourth-order valence-corrected chi connectivity index (χ4v) is 4.81. The van der Waals surface area contributed by atoms with Crippen LogP contribution in [0.2, 0.25) is 0 Å². The number of ether oxygens (including phenoxy) is 1. The van der Waals surface area contributed by atoms with E-state index >= 15 is 0 Å². The lowest BCUT2D eigenvalue weighted by Gasteiger charge is -2.21. The van der Waals surface area contributed by atoms with E-state index in [1.165, 1.54) is 31.4 Å². The molecule has 1 aliphatic heterocycles. The molecular formula is C20H30N2O4S. The van der Waals surface area contributed by atoms with Gasteiger partial charge in [-0.25, -0.2) is 13.1 Å². The highest BCUT2D eigenvalue weighted by atomic mass is 32.2. The van der Waals surface area contributed by atoms with Gasteiger partial charge in [0.1, 0.15) is 0 Å². The van der Waals surface area contributed by atoms with Crippen molar-refractivity contribution in [2.24, 2.45) is 0 Å². The van der Waals surface area contributed by atoms with Gasteiger partial charge in [0.15, 0.2) is 0 Å². The lowest BCUT2D eigenvalue weighted by atomic mass is 9.96. The smallest absolute Gasteiger partial charge is 0.251 e. The average molecular weight is 395 g/mol. The van der Waals surface area contributed by atoms with E-state index in [-0.39, 0.29) is 29.5 Å². The normalized spacial score (nSPS) is 22.1. The minimum atomic E-state index is -3.59. The number of sulfonamides is 1. The Bertz CT molecular complexity index is 704. The molecule has 2 aliphatic rings. The lowest BCUT2D eigenvalue weighted by molar-refractivity contribution is 0.0930. The summed E-state index contributed by atoms with van der Waals surface area (Å²) in [5.41, 5.74) is 0.495. The first-order valence-electron chi connectivity index (χ1n) is 10.1. The van der Waals surface area contributed by atoms with Gasteiger partial charge in [-0.3, -0.25) is 4.79 Å². The predicted molar refractivity (Wildman–Crippen MR) is 104 cm³/mol. The van der Waals surface area contributed by atoms with Crippen molar-refractivity contribution in [2.75, 3.05) is 13.2 Å². The third kappa shape index (κ3) is 6.02. The maximum atomic E-state index is 12.5. The van der Waals surface area contributed by atoms with Crippen molar-refractivity contribution in [1.29, 1.82) is 0 Å². The van der Waals surface area contributed by atoms with E-state index in [0.717, 1.165) is 38.5 Å². The number of carbonyl (C=O) groups is 1. The van der Waals surface area contributed by atoms with E-state index in [2.05, 4.69) is 10.0 Å².